The lowest BCUT2D eigenvalue weighted by molar-refractivity contribution is -0.122. The molecule has 1 N–H and O–H groups in total. The molecule has 0 spiro atoms. The molecule has 0 saturated carbocycles. The summed E-state index contributed by atoms with van der Waals surface area (Å²) in [6, 6.07) is 0. The maximum Gasteiger partial charge on any atom is 0.220 e. The van der Waals surface area contributed by atoms with Crippen LogP contribution in [0.4, 0.5) is 0 Å². The van der Waals surface area contributed by atoms with Crippen LogP contribution in [0.15, 0.2) is 0 Å². The summed E-state index contributed by atoms with van der Waals surface area (Å²) in [4.78, 5) is 11.3. The molecule has 0 bridgehead atoms. The Hall–Kier alpha value is -0.570. The van der Waals surface area contributed by atoms with E-state index in [1.165, 1.54) is 0 Å². The van der Waals surface area contributed by atoms with Gasteiger partial charge in [0, 0.05) is 18.6 Å². The predicted octanol–water partition coefficient (Wildman–Crippen LogP) is 3.91. The van der Waals surface area contributed by atoms with E-state index in [0.29, 0.717) is 19.1 Å². The van der Waals surface area contributed by atoms with E-state index in [1.807, 2.05) is 34.6 Å². The van der Waals surface area contributed by atoms with E-state index in [2.05, 4.69) is 19.2 Å². The Morgan fingerprint density at radius 2 is 1.83 bits per heavy atom. The lowest BCUT2D eigenvalue weighted by Gasteiger charge is -2.26. The van der Waals surface area contributed by atoms with Crippen molar-refractivity contribution < 1.29 is 9.53 Å². The molecule has 0 fully saturated rings. The van der Waals surface area contributed by atoms with Crippen molar-refractivity contribution in [1.29, 1.82) is 0 Å². The smallest absolute Gasteiger partial charge is 0.220 e. The van der Waals surface area contributed by atoms with Gasteiger partial charge in [0.1, 0.15) is 0 Å². The fourth-order valence-electron chi connectivity index (χ4n) is 1.53. The molecule has 0 saturated heterocycles. The number of amides is 1. The standard InChI is InChI=1S/C13H27NO2.C2H6/c1-6-8-11(3)16-10-9-13(4,5)14-12(15)7-2;1-2/h11H,6-10H2,1-5H3,(H,14,15);1-2H3. The molecular formula is C15H33NO2. The molecule has 1 unspecified atom stereocenters. The van der Waals surface area contributed by atoms with Gasteiger partial charge in [-0.15, -0.1) is 0 Å². The van der Waals surface area contributed by atoms with Gasteiger partial charge in [0.05, 0.1) is 6.10 Å². The second-order valence-corrected chi connectivity index (χ2v) is 5.01. The number of nitrogens with one attached hydrogen (secondary N) is 1. The molecule has 0 aromatic rings. The monoisotopic (exact) mass is 259 g/mol. The zero-order valence-corrected chi connectivity index (χ0v) is 13.4. The third-order valence-corrected chi connectivity index (χ3v) is 2.62. The zero-order chi connectivity index (χ0) is 14.6. The second kappa shape index (κ2) is 11.5. The fraction of sp³-hybridized carbons (Fsp3) is 0.933. The topological polar surface area (TPSA) is 38.3 Å². The Morgan fingerprint density at radius 3 is 2.28 bits per heavy atom. The van der Waals surface area contributed by atoms with Crippen LogP contribution in [0.2, 0.25) is 0 Å². The van der Waals surface area contributed by atoms with Crippen LogP contribution < -0.4 is 5.32 Å². The van der Waals surface area contributed by atoms with E-state index in [4.69, 9.17) is 4.74 Å². The van der Waals surface area contributed by atoms with Gasteiger partial charge in [0.25, 0.3) is 0 Å². The van der Waals surface area contributed by atoms with Crippen LogP contribution in [0.3, 0.4) is 0 Å². The molecule has 0 aliphatic heterocycles. The molecule has 0 aromatic carbocycles. The molecular weight excluding hydrogens is 226 g/mol. The summed E-state index contributed by atoms with van der Waals surface area (Å²) in [6.45, 7) is 14.9. The highest BCUT2D eigenvalue weighted by Crippen LogP contribution is 2.10. The first-order valence-corrected chi connectivity index (χ1v) is 7.34. The summed E-state index contributed by atoms with van der Waals surface area (Å²) in [6.07, 6.45) is 3.96. The van der Waals surface area contributed by atoms with Gasteiger partial charge >= 0.3 is 0 Å². The summed E-state index contributed by atoms with van der Waals surface area (Å²) in [7, 11) is 0. The Labute approximate surface area is 114 Å². The minimum Gasteiger partial charge on any atom is -0.378 e. The van der Waals surface area contributed by atoms with Gasteiger partial charge in [0.2, 0.25) is 5.91 Å². The summed E-state index contributed by atoms with van der Waals surface area (Å²) in [5.74, 6) is 0.103. The van der Waals surface area contributed by atoms with E-state index >= 15 is 0 Å². The maximum absolute atomic E-state index is 11.3. The van der Waals surface area contributed by atoms with Crippen molar-refractivity contribution in [2.45, 2.75) is 85.8 Å². The fourth-order valence-corrected chi connectivity index (χ4v) is 1.53. The lowest BCUT2D eigenvalue weighted by atomic mass is 10.0. The Kier molecular flexibility index (Phi) is 12.6. The molecule has 3 nitrogen and oxygen atoms in total. The molecule has 0 aliphatic carbocycles. The number of carbonyl (C=O) groups is 1. The molecule has 0 aromatic heterocycles. The van der Waals surface area contributed by atoms with Crippen LogP contribution in [0.1, 0.15) is 74.1 Å². The van der Waals surface area contributed by atoms with Crippen molar-refractivity contribution in [3.05, 3.63) is 0 Å². The van der Waals surface area contributed by atoms with Gasteiger partial charge in [-0.05, 0) is 33.6 Å². The van der Waals surface area contributed by atoms with Crippen molar-refractivity contribution in [2.24, 2.45) is 0 Å². The quantitative estimate of drug-likeness (QED) is 0.717. The molecule has 18 heavy (non-hydrogen) atoms. The number of rotatable bonds is 8. The largest absolute Gasteiger partial charge is 0.378 e. The van der Waals surface area contributed by atoms with Crippen molar-refractivity contribution in [3.8, 4) is 0 Å². The van der Waals surface area contributed by atoms with Crippen LogP contribution in [0.25, 0.3) is 0 Å². The van der Waals surface area contributed by atoms with Gasteiger partial charge in [-0.2, -0.15) is 0 Å². The molecule has 1 atom stereocenters. The number of hydrogen-bond donors (Lipinski definition) is 1. The average molecular weight is 259 g/mol. The minimum atomic E-state index is -0.168. The molecule has 110 valence electrons. The van der Waals surface area contributed by atoms with Crippen molar-refractivity contribution in [3.63, 3.8) is 0 Å². The Bertz CT molecular complexity index is 203. The molecule has 0 rings (SSSR count). The second-order valence-electron chi connectivity index (χ2n) is 5.01. The maximum atomic E-state index is 11.3. The SMILES string of the molecule is CC.CCCC(C)OCCC(C)(C)NC(=O)CC. The first-order valence-electron chi connectivity index (χ1n) is 7.34. The van der Waals surface area contributed by atoms with E-state index in [-0.39, 0.29) is 11.4 Å². The third-order valence-electron chi connectivity index (χ3n) is 2.62. The van der Waals surface area contributed by atoms with Gasteiger partial charge in [-0.1, -0.05) is 34.1 Å². The molecule has 3 heteroatoms. The Morgan fingerprint density at radius 1 is 1.28 bits per heavy atom. The minimum absolute atomic E-state index is 0.103. The molecule has 0 heterocycles. The summed E-state index contributed by atoms with van der Waals surface area (Å²) < 4.78 is 5.68. The zero-order valence-electron chi connectivity index (χ0n) is 13.4. The van der Waals surface area contributed by atoms with E-state index < -0.39 is 0 Å². The van der Waals surface area contributed by atoms with Gasteiger partial charge in [-0.25, -0.2) is 0 Å². The van der Waals surface area contributed by atoms with Crippen molar-refractivity contribution in [1.82, 2.24) is 5.32 Å². The number of carbonyl (C=O) groups excluding carboxylic acids is 1. The number of ether oxygens (including phenoxy) is 1. The Balaban J connectivity index is 0. The average Bonchev–Trinajstić information content (AvgIpc) is 2.31. The van der Waals surface area contributed by atoms with Crippen LogP contribution >= 0.6 is 0 Å². The van der Waals surface area contributed by atoms with Crippen LogP contribution in [0, 0.1) is 0 Å². The van der Waals surface area contributed by atoms with E-state index in [0.717, 1.165) is 19.3 Å². The predicted molar refractivity (Wildman–Crippen MR) is 78.8 cm³/mol. The number of hydrogen-bond acceptors (Lipinski definition) is 2. The van der Waals surface area contributed by atoms with Gasteiger partial charge < -0.3 is 10.1 Å². The highest BCUT2D eigenvalue weighted by molar-refractivity contribution is 5.76. The van der Waals surface area contributed by atoms with Crippen LogP contribution in [-0.2, 0) is 9.53 Å². The van der Waals surface area contributed by atoms with Crippen LogP contribution in [0.5, 0.6) is 0 Å². The van der Waals surface area contributed by atoms with Gasteiger partial charge in [-0.3, -0.25) is 4.79 Å². The van der Waals surface area contributed by atoms with E-state index in [1.54, 1.807) is 0 Å². The lowest BCUT2D eigenvalue weighted by Crippen LogP contribution is -2.44. The molecule has 1 amide bonds. The van der Waals surface area contributed by atoms with Gasteiger partial charge in [0.15, 0.2) is 0 Å². The van der Waals surface area contributed by atoms with Crippen LogP contribution in [-0.4, -0.2) is 24.2 Å². The highest BCUT2D eigenvalue weighted by atomic mass is 16.5. The van der Waals surface area contributed by atoms with E-state index in [9.17, 15) is 4.79 Å². The third kappa shape index (κ3) is 11.9. The first kappa shape index (κ1) is 19.8. The summed E-state index contributed by atoms with van der Waals surface area (Å²) in [5.41, 5.74) is -0.168. The summed E-state index contributed by atoms with van der Waals surface area (Å²) >= 11 is 0. The normalized spacial score (nSPS) is 12.4. The molecule has 0 radical (unpaired) electrons. The van der Waals surface area contributed by atoms with Crippen molar-refractivity contribution >= 4 is 5.91 Å². The first-order chi connectivity index (χ1) is 8.41. The summed E-state index contributed by atoms with van der Waals surface area (Å²) in [5, 5.41) is 2.99. The van der Waals surface area contributed by atoms with Crippen molar-refractivity contribution in [2.75, 3.05) is 6.61 Å². The highest BCUT2D eigenvalue weighted by Gasteiger charge is 2.19. The molecule has 0 aliphatic rings.